The first-order valence-electron chi connectivity index (χ1n) is 6.02. The second-order valence-corrected chi connectivity index (χ2v) is 5.34. The van der Waals surface area contributed by atoms with Gasteiger partial charge in [0.05, 0.1) is 0 Å². The number of benzene rings is 1. The fourth-order valence-electron chi connectivity index (χ4n) is 1.54. The number of amides is 1. The Labute approximate surface area is 107 Å². The first-order valence-corrected chi connectivity index (χ1v) is 6.02. The molecule has 0 saturated heterocycles. The number of hydrogen-bond acceptors (Lipinski definition) is 1. The summed E-state index contributed by atoms with van der Waals surface area (Å²) in [7, 11) is 0. The van der Waals surface area contributed by atoms with Crippen molar-refractivity contribution in [2.24, 2.45) is 5.41 Å². The second-order valence-electron chi connectivity index (χ2n) is 5.34. The van der Waals surface area contributed by atoms with E-state index in [1.54, 1.807) is 0 Å². The van der Waals surface area contributed by atoms with Gasteiger partial charge >= 0.3 is 0 Å². The van der Waals surface area contributed by atoms with E-state index in [2.05, 4.69) is 5.32 Å². The first kappa shape index (κ1) is 12.4. The number of rotatable bonds is 2. The van der Waals surface area contributed by atoms with Gasteiger partial charge in [-0.15, -0.1) is 0 Å². The Kier molecular flexibility index (Phi) is 3.24. The third-order valence-corrected chi connectivity index (χ3v) is 2.71. The summed E-state index contributed by atoms with van der Waals surface area (Å²) in [5.41, 5.74) is 1.53. The summed E-state index contributed by atoms with van der Waals surface area (Å²) in [6.45, 7) is 5.70. The zero-order valence-electron chi connectivity index (χ0n) is 11.0. The topological polar surface area (TPSA) is 34.0 Å². The van der Waals surface area contributed by atoms with Crippen molar-refractivity contribution in [2.45, 2.75) is 20.8 Å². The van der Waals surface area contributed by atoms with Crippen LogP contribution in [-0.4, -0.2) is 10.5 Å². The summed E-state index contributed by atoms with van der Waals surface area (Å²) >= 11 is 0. The molecular formula is C15H18N2O. The van der Waals surface area contributed by atoms with Crippen molar-refractivity contribution in [3.05, 3.63) is 48.8 Å². The second kappa shape index (κ2) is 4.69. The van der Waals surface area contributed by atoms with Gasteiger partial charge in [0.15, 0.2) is 0 Å². The number of carbonyl (C=O) groups excluding carboxylic acids is 1. The molecule has 1 amide bonds. The van der Waals surface area contributed by atoms with Crippen LogP contribution in [0.4, 0.5) is 5.69 Å². The molecule has 0 aliphatic carbocycles. The maximum absolute atomic E-state index is 11.8. The van der Waals surface area contributed by atoms with E-state index in [0.29, 0.717) is 0 Å². The van der Waals surface area contributed by atoms with Gasteiger partial charge in [-0.2, -0.15) is 0 Å². The van der Waals surface area contributed by atoms with Crippen LogP contribution in [0, 0.1) is 5.41 Å². The minimum absolute atomic E-state index is 0.0243. The molecule has 1 heterocycles. The normalized spacial score (nSPS) is 11.3. The van der Waals surface area contributed by atoms with Crippen LogP contribution >= 0.6 is 0 Å². The molecule has 0 fully saturated rings. The molecule has 0 aliphatic heterocycles. The van der Waals surface area contributed by atoms with Gasteiger partial charge in [-0.05, 0) is 36.4 Å². The summed E-state index contributed by atoms with van der Waals surface area (Å²) in [6.07, 6.45) is 3.98. The summed E-state index contributed by atoms with van der Waals surface area (Å²) < 4.78 is 2.02. The third kappa shape index (κ3) is 2.80. The third-order valence-electron chi connectivity index (χ3n) is 2.71. The Morgan fingerprint density at radius 3 is 2.11 bits per heavy atom. The minimum atomic E-state index is -0.376. The lowest BCUT2D eigenvalue weighted by molar-refractivity contribution is -0.123. The number of aromatic nitrogens is 1. The molecule has 0 saturated carbocycles. The minimum Gasteiger partial charge on any atom is -0.326 e. The van der Waals surface area contributed by atoms with Crippen molar-refractivity contribution in [3.63, 3.8) is 0 Å². The molecule has 18 heavy (non-hydrogen) atoms. The fraction of sp³-hybridized carbons (Fsp3) is 0.267. The number of nitrogens with zero attached hydrogens (tertiary/aromatic N) is 1. The molecule has 0 aliphatic rings. The molecule has 3 heteroatoms. The van der Waals surface area contributed by atoms with Crippen molar-refractivity contribution in [1.29, 1.82) is 0 Å². The van der Waals surface area contributed by atoms with E-state index in [0.717, 1.165) is 11.4 Å². The van der Waals surface area contributed by atoms with Crippen LogP contribution in [-0.2, 0) is 4.79 Å². The van der Waals surface area contributed by atoms with E-state index in [1.165, 1.54) is 0 Å². The number of anilines is 1. The van der Waals surface area contributed by atoms with E-state index in [4.69, 9.17) is 0 Å². The van der Waals surface area contributed by atoms with Crippen molar-refractivity contribution in [1.82, 2.24) is 4.57 Å². The van der Waals surface area contributed by atoms with Crippen LogP contribution in [0.3, 0.4) is 0 Å². The largest absolute Gasteiger partial charge is 0.326 e. The molecule has 1 aromatic carbocycles. The molecule has 0 unspecified atom stereocenters. The van der Waals surface area contributed by atoms with Gasteiger partial charge in [-0.3, -0.25) is 4.79 Å². The van der Waals surface area contributed by atoms with Crippen LogP contribution in [0.25, 0.3) is 5.69 Å². The lowest BCUT2D eigenvalue weighted by Crippen LogP contribution is -2.27. The number of nitrogens with one attached hydrogen (secondary N) is 1. The van der Waals surface area contributed by atoms with E-state index in [-0.39, 0.29) is 11.3 Å². The molecule has 2 aromatic rings. The van der Waals surface area contributed by atoms with Crippen molar-refractivity contribution >= 4 is 11.6 Å². The van der Waals surface area contributed by atoms with Crippen molar-refractivity contribution in [2.75, 3.05) is 5.32 Å². The Balaban J connectivity index is 2.12. The molecule has 0 spiro atoms. The Hall–Kier alpha value is -2.03. The van der Waals surface area contributed by atoms with E-state index in [1.807, 2.05) is 74.1 Å². The quantitative estimate of drug-likeness (QED) is 0.859. The van der Waals surface area contributed by atoms with Gasteiger partial charge in [0.25, 0.3) is 0 Å². The summed E-state index contributed by atoms with van der Waals surface area (Å²) in [5.74, 6) is 0.0243. The molecule has 0 atom stereocenters. The van der Waals surface area contributed by atoms with Gasteiger partial charge in [0, 0.05) is 29.2 Å². The highest BCUT2D eigenvalue weighted by Gasteiger charge is 2.20. The van der Waals surface area contributed by atoms with Gasteiger partial charge in [0.2, 0.25) is 5.91 Å². The van der Waals surface area contributed by atoms with Gasteiger partial charge < -0.3 is 9.88 Å². The average Bonchev–Trinajstić information content (AvgIpc) is 2.82. The van der Waals surface area contributed by atoms with E-state index in [9.17, 15) is 4.79 Å². The number of carbonyl (C=O) groups is 1. The van der Waals surface area contributed by atoms with Gasteiger partial charge in [-0.25, -0.2) is 0 Å². The summed E-state index contributed by atoms with van der Waals surface area (Å²) in [4.78, 5) is 11.8. The van der Waals surface area contributed by atoms with Crippen LogP contribution in [0.2, 0.25) is 0 Å². The molecule has 0 radical (unpaired) electrons. The molecule has 2 rings (SSSR count). The molecule has 94 valence electrons. The zero-order chi connectivity index (χ0) is 13.2. The SMILES string of the molecule is CC(C)(C)C(=O)Nc1ccc(-n2cccc2)cc1. The first-order chi connectivity index (χ1) is 8.47. The summed E-state index contributed by atoms with van der Waals surface area (Å²) in [5, 5.41) is 2.91. The van der Waals surface area contributed by atoms with Gasteiger partial charge in [-0.1, -0.05) is 20.8 Å². The Bertz CT molecular complexity index is 519. The lowest BCUT2D eigenvalue weighted by atomic mass is 9.95. The predicted molar refractivity (Wildman–Crippen MR) is 73.9 cm³/mol. The average molecular weight is 242 g/mol. The Morgan fingerprint density at radius 2 is 1.61 bits per heavy atom. The Morgan fingerprint density at radius 1 is 1.06 bits per heavy atom. The van der Waals surface area contributed by atoms with Crippen LogP contribution in [0.1, 0.15) is 20.8 Å². The van der Waals surface area contributed by atoms with Crippen molar-refractivity contribution < 1.29 is 4.79 Å². The monoisotopic (exact) mass is 242 g/mol. The molecule has 1 N–H and O–H groups in total. The number of hydrogen-bond donors (Lipinski definition) is 1. The zero-order valence-corrected chi connectivity index (χ0v) is 11.0. The maximum Gasteiger partial charge on any atom is 0.229 e. The van der Waals surface area contributed by atoms with E-state index >= 15 is 0 Å². The van der Waals surface area contributed by atoms with Crippen LogP contribution in [0.5, 0.6) is 0 Å². The molecular weight excluding hydrogens is 224 g/mol. The smallest absolute Gasteiger partial charge is 0.229 e. The molecule has 0 bridgehead atoms. The maximum atomic E-state index is 11.8. The van der Waals surface area contributed by atoms with Gasteiger partial charge in [0.1, 0.15) is 0 Å². The summed E-state index contributed by atoms with van der Waals surface area (Å²) in [6, 6.07) is 11.8. The predicted octanol–water partition coefficient (Wildman–Crippen LogP) is 3.46. The molecule has 1 aromatic heterocycles. The van der Waals surface area contributed by atoms with Crippen LogP contribution < -0.4 is 5.32 Å². The fourth-order valence-corrected chi connectivity index (χ4v) is 1.54. The lowest BCUT2D eigenvalue weighted by Gasteiger charge is -2.17. The standard InChI is InChI=1S/C15H18N2O/c1-15(2,3)14(18)16-12-6-8-13(9-7-12)17-10-4-5-11-17/h4-11H,1-3H3,(H,16,18). The van der Waals surface area contributed by atoms with Crippen LogP contribution in [0.15, 0.2) is 48.8 Å². The highest BCUT2D eigenvalue weighted by molar-refractivity contribution is 5.94. The van der Waals surface area contributed by atoms with Crippen molar-refractivity contribution in [3.8, 4) is 5.69 Å². The highest BCUT2D eigenvalue weighted by Crippen LogP contribution is 2.18. The highest BCUT2D eigenvalue weighted by atomic mass is 16.2. The molecule has 3 nitrogen and oxygen atoms in total. The van der Waals surface area contributed by atoms with E-state index < -0.39 is 0 Å².